The van der Waals surface area contributed by atoms with Gasteiger partial charge in [0.1, 0.15) is 6.04 Å². The van der Waals surface area contributed by atoms with Crippen LogP contribution in [0.1, 0.15) is 110 Å². The standard InChI is InChI=1S/C23H41NO3/c1-2-3-4-5-6-7-8-9-13-19-27-23(26)21-17-14-18-24(21)22(25)20-15-11-10-12-16-20/h20-21H,2-19H2,1H3. The highest BCUT2D eigenvalue weighted by Gasteiger charge is 2.38. The second-order valence-electron chi connectivity index (χ2n) is 8.52. The third-order valence-electron chi connectivity index (χ3n) is 6.25. The van der Waals surface area contributed by atoms with Gasteiger partial charge in [-0.05, 0) is 32.1 Å². The van der Waals surface area contributed by atoms with Crippen LogP contribution >= 0.6 is 0 Å². The summed E-state index contributed by atoms with van der Waals surface area (Å²) < 4.78 is 5.52. The van der Waals surface area contributed by atoms with Gasteiger partial charge in [-0.25, -0.2) is 4.79 Å². The Morgan fingerprint density at radius 2 is 1.44 bits per heavy atom. The first-order chi connectivity index (χ1) is 13.2. The molecule has 1 heterocycles. The molecule has 1 saturated heterocycles. The molecule has 1 aliphatic heterocycles. The third kappa shape index (κ3) is 7.83. The molecule has 0 aromatic carbocycles. The molecule has 1 atom stereocenters. The largest absolute Gasteiger partial charge is 0.464 e. The van der Waals surface area contributed by atoms with Crippen LogP contribution in [-0.4, -0.2) is 36.0 Å². The van der Waals surface area contributed by atoms with Crippen LogP contribution in [0.4, 0.5) is 0 Å². The summed E-state index contributed by atoms with van der Waals surface area (Å²) >= 11 is 0. The summed E-state index contributed by atoms with van der Waals surface area (Å²) in [6.07, 6.45) is 18.6. The van der Waals surface area contributed by atoms with Gasteiger partial charge in [-0.3, -0.25) is 4.79 Å². The predicted octanol–water partition coefficient (Wildman–Crippen LogP) is 5.63. The van der Waals surface area contributed by atoms with Crippen LogP contribution in [0, 0.1) is 5.92 Å². The number of esters is 1. The molecule has 0 spiro atoms. The lowest BCUT2D eigenvalue weighted by Crippen LogP contribution is -2.44. The number of hydrogen-bond acceptors (Lipinski definition) is 3. The minimum atomic E-state index is -0.321. The Labute approximate surface area is 166 Å². The molecule has 27 heavy (non-hydrogen) atoms. The number of likely N-dealkylation sites (tertiary alicyclic amines) is 1. The van der Waals surface area contributed by atoms with Crippen LogP contribution in [0.15, 0.2) is 0 Å². The van der Waals surface area contributed by atoms with Crippen molar-refractivity contribution in [2.24, 2.45) is 5.92 Å². The van der Waals surface area contributed by atoms with Gasteiger partial charge in [-0.2, -0.15) is 0 Å². The van der Waals surface area contributed by atoms with Gasteiger partial charge in [0.05, 0.1) is 6.61 Å². The maximum absolute atomic E-state index is 12.8. The Bertz CT molecular complexity index is 431. The van der Waals surface area contributed by atoms with E-state index in [0.717, 1.165) is 57.9 Å². The highest BCUT2D eigenvalue weighted by atomic mass is 16.5. The fraction of sp³-hybridized carbons (Fsp3) is 0.913. The van der Waals surface area contributed by atoms with Gasteiger partial charge in [-0.15, -0.1) is 0 Å². The number of nitrogens with zero attached hydrogens (tertiary/aromatic N) is 1. The fourth-order valence-corrected chi connectivity index (χ4v) is 4.54. The van der Waals surface area contributed by atoms with Crippen LogP contribution in [0.3, 0.4) is 0 Å². The van der Waals surface area contributed by atoms with E-state index in [1.165, 1.54) is 51.4 Å². The van der Waals surface area contributed by atoms with Crippen molar-refractivity contribution in [2.75, 3.05) is 13.2 Å². The summed E-state index contributed by atoms with van der Waals surface area (Å²) in [7, 11) is 0. The first-order valence-electron chi connectivity index (χ1n) is 11.7. The van der Waals surface area contributed by atoms with E-state index in [1.54, 1.807) is 0 Å². The average molecular weight is 380 g/mol. The second-order valence-corrected chi connectivity index (χ2v) is 8.52. The summed E-state index contributed by atoms with van der Waals surface area (Å²) in [5.41, 5.74) is 0. The van der Waals surface area contributed by atoms with E-state index in [2.05, 4.69) is 6.92 Å². The molecular weight excluding hydrogens is 338 g/mol. The number of rotatable bonds is 12. The van der Waals surface area contributed by atoms with Crippen LogP contribution in [-0.2, 0) is 14.3 Å². The summed E-state index contributed by atoms with van der Waals surface area (Å²) in [6, 6.07) is -0.321. The van der Waals surface area contributed by atoms with Crippen LogP contribution < -0.4 is 0 Å². The Kier molecular flexibility index (Phi) is 10.8. The van der Waals surface area contributed by atoms with Crippen molar-refractivity contribution in [1.82, 2.24) is 4.90 Å². The zero-order valence-electron chi connectivity index (χ0n) is 17.6. The van der Waals surface area contributed by atoms with Crippen molar-refractivity contribution in [3.05, 3.63) is 0 Å². The molecule has 4 nitrogen and oxygen atoms in total. The quantitative estimate of drug-likeness (QED) is 0.326. The van der Waals surface area contributed by atoms with Crippen molar-refractivity contribution in [3.8, 4) is 0 Å². The molecule has 0 aromatic heterocycles. The van der Waals surface area contributed by atoms with Gasteiger partial charge < -0.3 is 9.64 Å². The number of amides is 1. The molecule has 2 fully saturated rings. The molecule has 1 amide bonds. The molecule has 1 unspecified atom stereocenters. The normalized spacial score (nSPS) is 20.8. The number of unbranched alkanes of at least 4 members (excludes halogenated alkanes) is 8. The lowest BCUT2D eigenvalue weighted by atomic mass is 9.88. The zero-order valence-corrected chi connectivity index (χ0v) is 17.6. The third-order valence-corrected chi connectivity index (χ3v) is 6.25. The zero-order chi connectivity index (χ0) is 19.3. The molecule has 0 aromatic rings. The molecule has 2 rings (SSSR count). The second kappa shape index (κ2) is 13.2. The van der Waals surface area contributed by atoms with E-state index < -0.39 is 0 Å². The van der Waals surface area contributed by atoms with E-state index >= 15 is 0 Å². The number of carbonyl (C=O) groups excluding carboxylic acids is 2. The highest BCUT2D eigenvalue weighted by Crippen LogP contribution is 2.29. The predicted molar refractivity (Wildman–Crippen MR) is 109 cm³/mol. The van der Waals surface area contributed by atoms with E-state index in [1.807, 2.05) is 4.90 Å². The minimum absolute atomic E-state index is 0.143. The van der Waals surface area contributed by atoms with Gasteiger partial charge in [0.25, 0.3) is 0 Å². The maximum Gasteiger partial charge on any atom is 0.328 e. The molecular formula is C23H41NO3. The first kappa shape index (κ1) is 22.2. The minimum Gasteiger partial charge on any atom is -0.464 e. The Morgan fingerprint density at radius 1 is 0.815 bits per heavy atom. The van der Waals surface area contributed by atoms with Crippen molar-refractivity contribution in [2.45, 2.75) is 116 Å². The highest BCUT2D eigenvalue weighted by molar-refractivity contribution is 5.86. The van der Waals surface area contributed by atoms with Gasteiger partial charge in [0, 0.05) is 12.5 Å². The smallest absolute Gasteiger partial charge is 0.328 e. The monoisotopic (exact) mass is 379 g/mol. The summed E-state index contributed by atoms with van der Waals surface area (Å²) in [4.78, 5) is 27.1. The van der Waals surface area contributed by atoms with Gasteiger partial charge in [0.2, 0.25) is 5.91 Å². The lowest BCUT2D eigenvalue weighted by Gasteiger charge is -2.29. The van der Waals surface area contributed by atoms with Crippen molar-refractivity contribution < 1.29 is 14.3 Å². The Balaban J connectivity index is 1.57. The molecule has 156 valence electrons. The van der Waals surface area contributed by atoms with Crippen molar-refractivity contribution in [3.63, 3.8) is 0 Å². The molecule has 1 saturated carbocycles. The molecule has 0 radical (unpaired) electrons. The number of carbonyl (C=O) groups is 2. The summed E-state index contributed by atoms with van der Waals surface area (Å²) in [5, 5.41) is 0. The maximum atomic E-state index is 12.8. The first-order valence-corrected chi connectivity index (χ1v) is 11.7. The number of ether oxygens (including phenoxy) is 1. The summed E-state index contributed by atoms with van der Waals surface area (Å²) in [5.74, 6) is 0.179. The van der Waals surface area contributed by atoms with E-state index in [9.17, 15) is 9.59 Å². The summed E-state index contributed by atoms with van der Waals surface area (Å²) in [6.45, 7) is 3.49. The fourth-order valence-electron chi connectivity index (χ4n) is 4.54. The van der Waals surface area contributed by atoms with E-state index in [0.29, 0.717) is 6.61 Å². The molecule has 1 aliphatic carbocycles. The lowest BCUT2D eigenvalue weighted by molar-refractivity contribution is -0.155. The Morgan fingerprint density at radius 3 is 2.11 bits per heavy atom. The van der Waals surface area contributed by atoms with Crippen LogP contribution in [0.5, 0.6) is 0 Å². The van der Waals surface area contributed by atoms with Gasteiger partial charge >= 0.3 is 5.97 Å². The molecule has 0 N–H and O–H groups in total. The van der Waals surface area contributed by atoms with E-state index in [-0.39, 0.29) is 23.8 Å². The van der Waals surface area contributed by atoms with Crippen LogP contribution in [0.2, 0.25) is 0 Å². The van der Waals surface area contributed by atoms with Gasteiger partial charge in [0.15, 0.2) is 0 Å². The van der Waals surface area contributed by atoms with E-state index in [4.69, 9.17) is 4.74 Å². The molecule has 2 aliphatic rings. The van der Waals surface area contributed by atoms with Crippen molar-refractivity contribution in [1.29, 1.82) is 0 Å². The van der Waals surface area contributed by atoms with Gasteiger partial charge in [-0.1, -0.05) is 77.6 Å². The molecule has 0 bridgehead atoms. The van der Waals surface area contributed by atoms with Crippen molar-refractivity contribution >= 4 is 11.9 Å². The molecule has 4 heteroatoms. The number of hydrogen-bond donors (Lipinski definition) is 0. The van der Waals surface area contributed by atoms with Crippen LogP contribution in [0.25, 0.3) is 0 Å². The average Bonchev–Trinajstić information content (AvgIpc) is 3.19. The SMILES string of the molecule is CCCCCCCCCCCOC(=O)C1CCCN1C(=O)C1CCCCC1. The Hall–Kier alpha value is -1.06. The topological polar surface area (TPSA) is 46.6 Å².